The topological polar surface area (TPSA) is 48.2 Å². The Morgan fingerprint density at radius 3 is 2.62 bits per heavy atom. The first-order chi connectivity index (χ1) is 15.6. The molecule has 1 aromatic carbocycles. The first-order valence-electron chi connectivity index (χ1n) is 11.6. The third-order valence-electron chi connectivity index (χ3n) is 6.41. The van der Waals surface area contributed by atoms with E-state index >= 15 is 0 Å². The van der Waals surface area contributed by atoms with Crippen LogP contribution < -0.4 is 9.64 Å². The van der Waals surface area contributed by atoms with Crippen molar-refractivity contribution in [2.75, 3.05) is 45.5 Å². The number of pyridine rings is 1. The van der Waals surface area contributed by atoms with Crippen molar-refractivity contribution in [2.45, 2.75) is 46.1 Å². The summed E-state index contributed by atoms with van der Waals surface area (Å²) in [7, 11) is 3.50. The van der Waals surface area contributed by atoms with Crippen LogP contribution in [-0.4, -0.2) is 56.2 Å². The van der Waals surface area contributed by atoms with Gasteiger partial charge < -0.3 is 19.1 Å². The van der Waals surface area contributed by atoms with Crippen LogP contribution >= 0.6 is 0 Å². The Bertz CT molecular complexity index is 1070. The van der Waals surface area contributed by atoms with Gasteiger partial charge in [-0.2, -0.15) is 5.10 Å². The van der Waals surface area contributed by atoms with E-state index in [9.17, 15) is 0 Å². The number of fused-ring (bicyclic) bond motifs is 1. The zero-order chi connectivity index (χ0) is 22.7. The molecule has 32 heavy (non-hydrogen) atoms. The average molecular weight is 438 g/mol. The van der Waals surface area contributed by atoms with Gasteiger partial charge in [0, 0.05) is 38.5 Å². The summed E-state index contributed by atoms with van der Waals surface area (Å²) in [6.45, 7) is 9.56. The summed E-state index contributed by atoms with van der Waals surface area (Å²) in [5.74, 6) is 0.880. The summed E-state index contributed by atoms with van der Waals surface area (Å²) in [6, 6.07) is 11.2. The van der Waals surface area contributed by atoms with E-state index in [1.165, 1.54) is 16.8 Å². The normalized spacial score (nSPS) is 14.8. The Morgan fingerprint density at radius 2 is 1.94 bits per heavy atom. The highest BCUT2D eigenvalue weighted by molar-refractivity contribution is 5.81. The molecule has 6 heteroatoms. The van der Waals surface area contributed by atoms with E-state index in [0.717, 1.165) is 67.2 Å². The van der Waals surface area contributed by atoms with Crippen molar-refractivity contribution in [2.24, 2.45) is 0 Å². The minimum Gasteiger partial charge on any atom is -0.496 e. The van der Waals surface area contributed by atoms with Gasteiger partial charge in [0.05, 0.1) is 36.3 Å². The number of methoxy groups -OCH3 is 2. The molecule has 4 rings (SSSR count). The highest BCUT2D eigenvalue weighted by Crippen LogP contribution is 2.38. The average Bonchev–Trinajstić information content (AvgIpc) is 3.18. The Morgan fingerprint density at radius 1 is 1.16 bits per heavy atom. The SMILES string of the molecule is CCc1nn2c(-c3c(C)cc(C)cc3OC)cccc2c1N(CCOC)C1CCOCC1. The van der Waals surface area contributed by atoms with Crippen molar-refractivity contribution >= 4 is 11.2 Å². The third kappa shape index (κ3) is 4.21. The maximum atomic E-state index is 5.79. The van der Waals surface area contributed by atoms with Crippen molar-refractivity contribution in [1.29, 1.82) is 0 Å². The van der Waals surface area contributed by atoms with Gasteiger partial charge in [0.25, 0.3) is 0 Å². The molecular formula is C26H35N3O3. The lowest BCUT2D eigenvalue weighted by Crippen LogP contribution is -2.41. The quantitative estimate of drug-likeness (QED) is 0.506. The zero-order valence-electron chi connectivity index (χ0n) is 20.0. The van der Waals surface area contributed by atoms with Crippen molar-refractivity contribution in [3.63, 3.8) is 0 Å². The van der Waals surface area contributed by atoms with Crippen LogP contribution in [0.1, 0.15) is 36.6 Å². The number of rotatable bonds is 8. The molecule has 3 aromatic rings. The number of hydrogen-bond acceptors (Lipinski definition) is 5. The molecule has 6 nitrogen and oxygen atoms in total. The minimum atomic E-state index is 0.427. The van der Waals surface area contributed by atoms with Gasteiger partial charge >= 0.3 is 0 Å². The predicted octanol–water partition coefficient (Wildman–Crippen LogP) is 4.82. The summed E-state index contributed by atoms with van der Waals surface area (Å²) < 4.78 is 19.0. The fourth-order valence-electron chi connectivity index (χ4n) is 4.93. The van der Waals surface area contributed by atoms with Crippen molar-refractivity contribution in [3.8, 4) is 17.0 Å². The first-order valence-corrected chi connectivity index (χ1v) is 11.6. The standard InChI is InChI=1S/C26H35N3O3/c1-6-21-26(28(12-15-30-4)20-10-13-32-14-11-20)23-9-7-8-22(29(23)27-21)25-19(3)16-18(2)17-24(25)31-5/h7-9,16-17,20H,6,10-15H2,1-5H3. The fourth-order valence-corrected chi connectivity index (χ4v) is 4.93. The van der Waals surface area contributed by atoms with Gasteiger partial charge in [0.1, 0.15) is 5.75 Å². The predicted molar refractivity (Wildman–Crippen MR) is 129 cm³/mol. The number of hydrogen-bond donors (Lipinski definition) is 0. The van der Waals surface area contributed by atoms with Gasteiger partial charge in [0.2, 0.25) is 0 Å². The van der Waals surface area contributed by atoms with Crippen LogP contribution in [0.5, 0.6) is 5.75 Å². The number of aryl methyl sites for hydroxylation is 3. The molecule has 0 bridgehead atoms. The molecule has 0 atom stereocenters. The van der Waals surface area contributed by atoms with Crippen LogP contribution in [0, 0.1) is 13.8 Å². The molecule has 1 aliphatic heterocycles. The number of ether oxygens (including phenoxy) is 3. The lowest BCUT2D eigenvalue weighted by atomic mass is 10.0. The van der Waals surface area contributed by atoms with E-state index in [1.54, 1.807) is 14.2 Å². The molecule has 0 aliphatic carbocycles. The van der Waals surface area contributed by atoms with Gasteiger partial charge in [-0.1, -0.05) is 19.1 Å². The molecule has 0 radical (unpaired) electrons. The summed E-state index contributed by atoms with van der Waals surface area (Å²) >= 11 is 0. The number of nitrogens with zero attached hydrogens (tertiary/aromatic N) is 3. The van der Waals surface area contributed by atoms with Gasteiger partial charge in [-0.25, -0.2) is 4.52 Å². The Hall–Kier alpha value is -2.57. The molecule has 0 N–H and O–H groups in total. The molecule has 0 unspecified atom stereocenters. The smallest absolute Gasteiger partial charge is 0.128 e. The molecule has 1 saturated heterocycles. The number of anilines is 1. The van der Waals surface area contributed by atoms with E-state index in [1.807, 2.05) is 0 Å². The van der Waals surface area contributed by atoms with Gasteiger partial charge in [-0.15, -0.1) is 0 Å². The lowest BCUT2D eigenvalue weighted by molar-refractivity contribution is 0.0828. The number of benzene rings is 1. The molecule has 0 saturated carbocycles. The maximum Gasteiger partial charge on any atom is 0.128 e. The highest BCUT2D eigenvalue weighted by Gasteiger charge is 2.27. The van der Waals surface area contributed by atoms with Crippen LogP contribution in [-0.2, 0) is 15.9 Å². The zero-order valence-corrected chi connectivity index (χ0v) is 20.0. The largest absolute Gasteiger partial charge is 0.496 e. The molecule has 2 aromatic heterocycles. The van der Waals surface area contributed by atoms with Crippen LogP contribution in [0.25, 0.3) is 16.8 Å². The monoisotopic (exact) mass is 437 g/mol. The van der Waals surface area contributed by atoms with Crippen LogP contribution in [0.3, 0.4) is 0 Å². The van der Waals surface area contributed by atoms with Gasteiger partial charge in [-0.3, -0.25) is 0 Å². The Balaban J connectivity index is 1.91. The summed E-state index contributed by atoms with van der Waals surface area (Å²) in [6.07, 6.45) is 2.91. The van der Waals surface area contributed by atoms with E-state index in [0.29, 0.717) is 12.6 Å². The van der Waals surface area contributed by atoms with E-state index in [-0.39, 0.29) is 0 Å². The molecule has 3 heterocycles. The van der Waals surface area contributed by atoms with Crippen LogP contribution in [0.2, 0.25) is 0 Å². The molecule has 1 fully saturated rings. The van der Waals surface area contributed by atoms with Crippen LogP contribution in [0.15, 0.2) is 30.3 Å². The highest BCUT2D eigenvalue weighted by atomic mass is 16.5. The van der Waals surface area contributed by atoms with E-state index in [2.05, 4.69) is 60.5 Å². The summed E-state index contributed by atoms with van der Waals surface area (Å²) in [5.41, 5.74) is 7.99. The second-order valence-electron chi connectivity index (χ2n) is 8.55. The Labute approximate surface area is 191 Å². The molecular weight excluding hydrogens is 402 g/mol. The lowest BCUT2D eigenvalue weighted by Gasteiger charge is -2.36. The minimum absolute atomic E-state index is 0.427. The Kier molecular flexibility index (Phi) is 7.01. The maximum absolute atomic E-state index is 5.79. The summed E-state index contributed by atoms with van der Waals surface area (Å²) in [5, 5.41) is 5.12. The first kappa shape index (κ1) is 22.6. The van der Waals surface area contributed by atoms with Crippen molar-refractivity contribution in [3.05, 3.63) is 47.2 Å². The van der Waals surface area contributed by atoms with E-state index < -0.39 is 0 Å². The molecule has 0 spiro atoms. The third-order valence-corrected chi connectivity index (χ3v) is 6.41. The van der Waals surface area contributed by atoms with E-state index in [4.69, 9.17) is 19.3 Å². The van der Waals surface area contributed by atoms with Crippen molar-refractivity contribution < 1.29 is 14.2 Å². The van der Waals surface area contributed by atoms with Crippen LogP contribution in [0.4, 0.5) is 5.69 Å². The van der Waals surface area contributed by atoms with Gasteiger partial charge in [0.15, 0.2) is 0 Å². The summed E-state index contributed by atoms with van der Waals surface area (Å²) in [4.78, 5) is 2.51. The fraction of sp³-hybridized carbons (Fsp3) is 0.500. The molecule has 0 amide bonds. The number of aromatic nitrogens is 2. The van der Waals surface area contributed by atoms with Gasteiger partial charge in [-0.05, 0) is 62.4 Å². The molecule has 1 aliphatic rings. The second kappa shape index (κ2) is 9.92. The van der Waals surface area contributed by atoms with Crippen molar-refractivity contribution in [1.82, 2.24) is 9.61 Å². The second-order valence-corrected chi connectivity index (χ2v) is 8.55. The molecule has 172 valence electrons.